The van der Waals surface area contributed by atoms with Crippen molar-refractivity contribution >= 4 is 23.0 Å². The van der Waals surface area contributed by atoms with Crippen LogP contribution in [0.2, 0.25) is 5.02 Å². The van der Waals surface area contributed by atoms with E-state index in [2.05, 4.69) is 5.32 Å². The molecule has 0 radical (unpaired) electrons. The lowest BCUT2D eigenvalue weighted by molar-refractivity contribution is 0.415. The summed E-state index contributed by atoms with van der Waals surface area (Å²) in [6.45, 7) is 0. The molecule has 2 aromatic rings. The second kappa shape index (κ2) is 5.44. The molecular weight excluding hydrogens is 248 g/mol. The number of hydrogen-bond donors (Lipinski definition) is 1. The van der Waals surface area contributed by atoms with Gasteiger partial charge in [0.25, 0.3) is 0 Å². The molecule has 2 rings (SSSR count). The Bertz CT molecular complexity index is 588. The monoisotopic (exact) mass is 258 g/mol. The van der Waals surface area contributed by atoms with E-state index >= 15 is 0 Å². The second-order valence-electron chi connectivity index (χ2n) is 3.66. The summed E-state index contributed by atoms with van der Waals surface area (Å²) < 4.78 is 5.08. The highest BCUT2D eigenvalue weighted by Crippen LogP contribution is 2.24. The SMILES string of the molecule is COc1ccc(Nc2ccc(C#N)c(Cl)c2)cc1. The van der Waals surface area contributed by atoms with Crippen LogP contribution in [0.25, 0.3) is 0 Å². The van der Waals surface area contributed by atoms with Crippen molar-refractivity contribution < 1.29 is 4.74 Å². The van der Waals surface area contributed by atoms with Gasteiger partial charge >= 0.3 is 0 Å². The molecule has 3 nitrogen and oxygen atoms in total. The minimum atomic E-state index is 0.441. The van der Waals surface area contributed by atoms with Crippen molar-refractivity contribution in [1.82, 2.24) is 0 Å². The van der Waals surface area contributed by atoms with Gasteiger partial charge in [-0.15, -0.1) is 0 Å². The Morgan fingerprint density at radius 1 is 1.11 bits per heavy atom. The quantitative estimate of drug-likeness (QED) is 0.906. The fourth-order valence-electron chi connectivity index (χ4n) is 1.52. The number of halogens is 1. The Labute approximate surface area is 111 Å². The second-order valence-corrected chi connectivity index (χ2v) is 4.07. The Morgan fingerprint density at radius 3 is 2.33 bits per heavy atom. The van der Waals surface area contributed by atoms with E-state index in [0.29, 0.717) is 10.6 Å². The summed E-state index contributed by atoms with van der Waals surface area (Å²) >= 11 is 5.96. The topological polar surface area (TPSA) is 45.0 Å². The highest BCUT2D eigenvalue weighted by molar-refractivity contribution is 6.32. The number of methoxy groups -OCH3 is 1. The molecule has 0 fully saturated rings. The largest absolute Gasteiger partial charge is 0.497 e. The number of anilines is 2. The standard InChI is InChI=1S/C14H11ClN2O/c1-18-13-6-4-11(5-7-13)17-12-3-2-10(9-16)14(15)8-12/h2-8,17H,1H3. The minimum absolute atomic E-state index is 0.441. The number of hydrogen-bond acceptors (Lipinski definition) is 3. The molecule has 0 atom stereocenters. The number of benzene rings is 2. The molecule has 90 valence electrons. The third-order valence-corrected chi connectivity index (χ3v) is 2.78. The summed E-state index contributed by atoms with van der Waals surface area (Å²) in [5.74, 6) is 0.804. The number of rotatable bonds is 3. The molecule has 0 aromatic heterocycles. The van der Waals surface area contributed by atoms with Crippen LogP contribution in [0.5, 0.6) is 5.75 Å². The fraction of sp³-hybridized carbons (Fsp3) is 0.0714. The van der Waals surface area contributed by atoms with E-state index in [9.17, 15) is 0 Å². The van der Waals surface area contributed by atoms with E-state index in [4.69, 9.17) is 21.6 Å². The molecule has 2 aromatic carbocycles. The van der Waals surface area contributed by atoms with Crippen molar-refractivity contribution in [2.45, 2.75) is 0 Å². The van der Waals surface area contributed by atoms with Gasteiger partial charge in [0, 0.05) is 11.4 Å². The highest BCUT2D eigenvalue weighted by atomic mass is 35.5. The molecule has 0 unspecified atom stereocenters. The molecule has 0 heterocycles. The molecule has 0 bridgehead atoms. The molecular formula is C14H11ClN2O. The molecule has 0 saturated heterocycles. The predicted molar refractivity (Wildman–Crippen MR) is 72.4 cm³/mol. The van der Waals surface area contributed by atoms with Crippen LogP contribution < -0.4 is 10.1 Å². The molecule has 4 heteroatoms. The Kier molecular flexibility index (Phi) is 3.71. The van der Waals surface area contributed by atoms with Crippen molar-refractivity contribution in [1.29, 1.82) is 5.26 Å². The predicted octanol–water partition coefficient (Wildman–Crippen LogP) is 3.96. The van der Waals surface area contributed by atoms with Crippen LogP contribution >= 0.6 is 11.6 Å². The summed E-state index contributed by atoms with van der Waals surface area (Å²) in [4.78, 5) is 0. The first-order chi connectivity index (χ1) is 8.72. The molecule has 0 saturated carbocycles. The van der Waals surface area contributed by atoms with Crippen molar-refractivity contribution in [3.63, 3.8) is 0 Å². The Morgan fingerprint density at radius 2 is 1.78 bits per heavy atom. The zero-order chi connectivity index (χ0) is 13.0. The summed E-state index contributed by atoms with van der Waals surface area (Å²) in [7, 11) is 1.63. The third-order valence-electron chi connectivity index (χ3n) is 2.47. The van der Waals surface area contributed by atoms with E-state index in [1.165, 1.54) is 0 Å². The molecule has 0 aliphatic rings. The fourth-order valence-corrected chi connectivity index (χ4v) is 1.75. The number of ether oxygens (including phenoxy) is 1. The highest BCUT2D eigenvalue weighted by Gasteiger charge is 2.01. The molecule has 0 spiro atoms. The lowest BCUT2D eigenvalue weighted by Gasteiger charge is -2.08. The van der Waals surface area contributed by atoms with Gasteiger partial charge in [-0.3, -0.25) is 0 Å². The van der Waals surface area contributed by atoms with Crippen LogP contribution in [0.4, 0.5) is 11.4 Å². The maximum absolute atomic E-state index is 8.79. The van der Waals surface area contributed by atoms with E-state index < -0.39 is 0 Å². The van der Waals surface area contributed by atoms with Crippen LogP contribution in [-0.2, 0) is 0 Å². The van der Waals surface area contributed by atoms with Crippen LogP contribution in [0.1, 0.15) is 5.56 Å². The first-order valence-corrected chi connectivity index (χ1v) is 5.71. The number of nitrogens with zero attached hydrogens (tertiary/aromatic N) is 1. The summed E-state index contributed by atoms with van der Waals surface area (Å²) in [5, 5.41) is 12.4. The lowest BCUT2D eigenvalue weighted by atomic mass is 10.2. The first kappa shape index (κ1) is 12.3. The van der Waals surface area contributed by atoms with Gasteiger partial charge in [-0.25, -0.2) is 0 Å². The molecule has 0 amide bonds. The average molecular weight is 259 g/mol. The number of nitriles is 1. The van der Waals surface area contributed by atoms with Gasteiger partial charge in [0.05, 0.1) is 17.7 Å². The zero-order valence-corrected chi connectivity index (χ0v) is 10.5. The van der Waals surface area contributed by atoms with Crippen LogP contribution in [0, 0.1) is 11.3 Å². The van der Waals surface area contributed by atoms with Crippen molar-refractivity contribution in [2.24, 2.45) is 0 Å². The average Bonchev–Trinajstić information content (AvgIpc) is 2.40. The molecule has 0 aliphatic carbocycles. The number of nitrogens with one attached hydrogen (secondary N) is 1. The Balaban J connectivity index is 2.18. The van der Waals surface area contributed by atoms with E-state index in [1.54, 1.807) is 19.2 Å². The smallest absolute Gasteiger partial charge is 0.119 e. The summed E-state index contributed by atoms with van der Waals surface area (Å²) in [6.07, 6.45) is 0. The van der Waals surface area contributed by atoms with Gasteiger partial charge in [-0.1, -0.05) is 11.6 Å². The summed E-state index contributed by atoms with van der Waals surface area (Å²) in [5.41, 5.74) is 2.23. The van der Waals surface area contributed by atoms with Gasteiger partial charge in [0.15, 0.2) is 0 Å². The lowest BCUT2D eigenvalue weighted by Crippen LogP contribution is -1.91. The molecule has 0 aliphatic heterocycles. The van der Waals surface area contributed by atoms with Crippen LogP contribution in [-0.4, -0.2) is 7.11 Å². The van der Waals surface area contributed by atoms with Crippen molar-refractivity contribution in [3.8, 4) is 11.8 Å². The first-order valence-electron chi connectivity index (χ1n) is 5.33. The van der Waals surface area contributed by atoms with Gasteiger partial charge in [-0.2, -0.15) is 5.26 Å². The summed E-state index contributed by atoms with van der Waals surface area (Å²) in [6, 6.07) is 14.8. The van der Waals surface area contributed by atoms with Crippen LogP contribution in [0.15, 0.2) is 42.5 Å². The molecule has 18 heavy (non-hydrogen) atoms. The maximum atomic E-state index is 8.79. The Hall–Kier alpha value is -2.18. The van der Waals surface area contributed by atoms with Crippen molar-refractivity contribution in [3.05, 3.63) is 53.1 Å². The van der Waals surface area contributed by atoms with E-state index in [-0.39, 0.29) is 0 Å². The molecule has 1 N–H and O–H groups in total. The van der Waals surface area contributed by atoms with E-state index in [0.717, 1.165) is 17.1 Å². The van der Waals surface area contributed by atoms with Crippen molar-refractivity contribution in [2.75, 3.05) is 12.4 Å². The normalized spacial score (nSPS) is 9.61. The minimum Gasteiger partial charge on any atom is -0.497 e. The van der Waals surface area contributed by atoms with Gasteiger partial charge in [0.1, 0.15) is 11.8 Å². The third kappa shape index (κ3) is 2.73. The van der Waals surface area contributed by atoms with E-state index in [1.807, 2.05) is 36.4 Å². The zero-order valence-electron chi connectivity index (χ0n) is 9.77. The van der Waals surface area contributed by atoms with Crippen LogP contribution in [0.3, 0.4) is 0 Å². The van der Waals surface area contributed by atoms with Gasteiger partial charge < -0.3 is 10.1 Å². The van der Waals surface area contributed by atoms with Gasteiger partial charge in [0.2, 0.25) is 0 Å². The maximum Gasteiger partial charge on any atom is 0.119 e. The van der Waals surface area contributed by atoms with Gasteiger partial charge in [-0.05, 0) is 42.5 Å².